The number of benzene rings is 1. The molecule has 0 saturated carbocycles. The van der Waals surface area contributed by atoms with E-state index in [1.165, 1.54) is 10.5 Å². The zero-order valence-electron chi connectivity index (χ0n) is 10.0. The van der Waals surface area contributed by atoms with Crippen molar-refractivity contribution in [3.63, 3.8) is 0 Å². The van der Waals surface area contributed by atoms with Crippen LogP contribution in [0.25, 0.3) is 0 Å². The molecule has 0 spiro atoms. The molecule has 0 saturated heterocycles. The van der Waals surface area contributed by atoms with Gasteiger partial charge in [0.1, 0.15) is 0 Å². The highest BCUT2D eigenvalue weighted by molar-refractivity contribution is 7.98. The third kappa shape index (κ3) is 4.68. The van der Waals surface area contributed by atoms with Crippen molar-refractivity contribution in [1.82, 2.24) is 5.32 Å². The van der Waals surface area contributed by atoms with Crippen molar-refractivity contribution in [3.05, 3.63) is 29.8 Å². The summed E-state index contributed by atoms with van der Waals surface area (Å²) >= 11 is 1.75. The highest BCUT2D eigenvalue weighted by atomic mass is 32.2. The first-order valence-electron chi connectivity index (χ1n) is 5.31. The fourth-order valence-electron chi connectivity index (χ4n) is 1.43. The van der Waals surface area contributed by atoms with E-state index in [1.807, 2.05) is 0 Å². The van der Waals surface area contributed by atoms with Crippen LogP contribution in [0.3, 0.4) is 0 Å². The van der Waals surface area contributed by atoms with Crippen LogP contribution in [-0.4, -0.2) is 29.0 Å². The number of hydrogen-bond acceptors (Lipinski definition) is 3. The molecule has 0 radical (unpaired) electrons. The van der Waals surface area contributed by atoms with Crippen molar-refractivity contribution in [1.29, 1.82) is 0 Å². The van der Waals surface area contributed by atoms with Gasteiger partial charge in [0.2, 0.25) is 0 Å². The largest absolute Gasteiger partial charge is 0.309 e. The average molecular weight is 257 g/mol. The van der Waals surface area contributed by atoms with Gasteiger partial charge < -0.3 is 5.32 Å². The molecule has 0 amide bonds. The normalized spacial score (nSPS) is 14.7. The molecule has 4 heteroatoms. The lowest BCUT2D eigenvalue weighted by Gasteiger charge is -2.14. The second kappa shape index (κ2) is 7.09. The van der Waals surface area contributed by atoms with Crippen LogP contribution in [0.1, 0.15) is 18.5 Å². The summed E-state index contributed by atoms with van der Waals surface area (Å²) in [5.74, 6) is 0.716. The van der Waals surface area contributed by atoms with Gasteiger partial charge in [-0.1, -0.05) is 12.1 Å². The lowest BCUT2D eigenvalue weighted by molar-refractivity contribution is 0.597. The quantitative estimate of drug-likeness (QED) is 0.794. The van der Waals surface area contributed by atoms with Crippen molar-refractivity contribution in [2.75, 3.05) is 24.8 Å². The predicted octanol–water partition coefficient (Wildman–Crippen LogP) is 2.44. The summed E-state index contributed by atoms with van der Waals surface area (Å²) in [6.07, 6.45) is 3.81. The monoisotopic (exact) mass is 257 g/mol. The van der Waals surface area contributed by atoms with Crippen LogP contribution in [0.5, 0.6) is 0 Å². The van der Waals surface area contributed by atoms with Crippen LogP contribution >= 0.6 is 11.8 Å². The molecule has 0 aliphatic heterocycles. The maximum Gasteiger partial charge on any atom is 0.0357 e. The van der Waals surface area contributed by atoms with E-state index in [4.69, 9.17) is 0 Å². The molecule has 0 bridgehead atoms. The van der Waals surface area contributed by atoms with E-state index in [2.05, 4.69) is 42.8 Å². The molecule has 1 aromatic rings. The Morgan fingerprint density at radius 2 is 2.00 bits per heavy atom. The summed E-state index contributed by atoms with van der Waals surface area (Å²) in [5, 5.41) is 3.37. The zero-order chi connectivity index (χ0) is 12.0. The van der Waals surface area contributed by atoms with Gasteiger partial charge in [0.15, 0.2) is 0 Å². The van der Waals surface area contributed by atoms with Gasteiger partial charge in [-0.25, -0.2) is 0 Å². The SMILES string of the molecule is CSc1ccc(C(C)NCCS(C)=O)cc1. The Morgan fingerprint density at radius 3 is 2.50 bits per heavy atom. The first-order valence-corrected chi connectivity index (χ1v) is 8.26. The Kier molecular flexibility index (Phi) is 6.09. The smallest absolute Gasteiger partial charge is 0.0357 e. The summed E-state index contributed by atoms with van der Waals surface area (Å²) in [6, 6.07) is 8.88. The van der Waals surface area contributed by atoms with Gasteiger partial charge in [0.05, 0.1) is 0 Å². The summed E-state index contributed by atoms with van der Waals surface area (Å²) in [6.45, 7) is 2.93. The number of hydrogen-bond donors (Lipinski definition) is 1. The van der Waals surface area contributed by atoms with Gasteiger partial charge in [0, 0.05) is 40.3 Å². The van der Waals surface area contributed by atoms with Gasteiger partial charge in [-0.2, -0.15) is 0 Å². The first-order chi connectivity index (χ1) is 7.63. The third-order valence-electron chi connectivity index (χ3n) is 2.46. The molecule has 0 aliphatic rings. The molecule has 16 heavy (non-hydrogen) atoms. The lowest BCUT2D eigenvalue weighted by atomic mass is 10.1. The highest BCUT2D eigenvalue weighted by Gasteiger charge is 2.04. The van der Waals surface area contributed by atoms with Crippen LogP contribution in [-0.2, 0) is 10.8 Å². The standard InChI is InChI=1S/C12H19NOS2/c1-10(13-8-9-16(3)14)11-4-6-12(15-2)7-5-11/h4-7,10,13H,8-9H2,1-3H3. The maximum absolute atomic E-state index is 10.9. The van der Waals surface area contributed by atoms with Crippen molar-refractivity contribution in [3.8, 4) is 0 Å². The second-order valence-electron chi connectivity index (χ2n) is 3.73. The Bertz CT molecular complexity index is 337. The van der Waals surface area contributed by atoms with Gasteiger partial charge in [0.25, 0.3) is 0 Å². The number of nitrogens with one attached hydrogen (secondary N) is 1. The van der Waals surface area contributed by atoms with Crippen LogP contribution in [0.4, 0.5) is 0 Å². The van der Waals surface area contributed by atoms with Gasteiger partial charge in [-0.15, -0.1) is 11.8 Å². The van der Waals surface area contributed by atoms with Crippen LogP contribution in [0.15, 0.2) is 29.2 Å². The minimum atomic E-state index is -0.709. The molecule has 1 aromatic carbocycles. The zero-order valence-corrected chi connectivity index (χ0v) is 11.7. The molecule has 2 nitrogen and oxygen atoms in total. The Hall–Kier alpha value is -0.320. The number of thioether (sulfide) groups is 1. The minimum Gasteiger partial charge on any atom is -0.309 e. The molecule has 0 fully saturated rings. The fraction of sp³-hybridized carbons (Fsp3) is 0.500. The molecular weight excluding hydrogens is 238 g/mol. The summed E-state index contributed by atoms with van der Waals surface area (Å²) < 4.78 is 10.9. The van der Waals surface area contributed by atoms with E-state index in [0.29, 0.717) is 11.8 Å². The molecule has 0 aliphatic carbocycles. The number of rotatable bonds is 6. The van der Waals surface area contributed by atoms with Gasteiger partial charge in [-0.3, -0.25) is 4.21 Å². The second-order valence-corrected chi connectivity index (χ2v) is 6.16. The van der Waals surface area contributed by atoms with Crippen molar-refractivity contribution >= 4 is 22.6 Å². The van der Waals surface area contributed by atoms with E-state index in [1.54, 1.807) is 18.0 Å². The van der Waals surface area contributed by atoms with Crippen LogP contribution in [0.2, 0.25) is 0 Å². The van der Waals surface area contributed by atoms with E-state index in [-0.39, 0.29) is 0 Å². The molecule has 0 aromatic heterocycles. The Balaban J connectivity index is 2.45. The highest BCUT2D eigenvalue weighted by Crippen LogP contribution is 2.18. The van der Waals surface area contributed by atoms with Crippen molar-refractivity contribution in [2.24, 2.45) is 0 Å². The summed E-state index contributed by atoms with van der Waals surface area (Å²) in [5.41, 5.74) is 1.28. The van der Waals surface area contributed by atoms with E-state index in [9.17, 15) is 4.21 Å². The van der Waals surface area contributed by atoms with Crippen LogP contribution < -0.4 is 5.32 Å². The van der Waals surface area contributed by atoms with Crippen LogP contribution in [0, 0.1) is 0 Å². The molecule has 0 heterocycles. The average Bonchev–Trinajstić information content (AvgIpc) is 2.28. The summed E-state index contributed by atoms with van der Waals surface area (Å²) in [4.78, 5) is 1.28. The summed E-state index contributed by atoms with van der Waals surface area (Å²) in [7, 11) is -0.709. The molecule has 90 valence electrons. The topological polar surface area (TPSA) is 29.1 Å². The lowest BCUT2D eigenvalue weighted by Crippen LogP contribution is -2.23. The molecule has 2 atom stereocenters. The maximum atomic E-state index is 10.9. The fourth-order valence-corrected chi connectivity index (χ4v) is 2.24. The van der Waals surface area contributed by atoms with E-state index in [0.717, 1.165) is 6.54 Å². The first kappa shape index (κ1) is 13.7. The molecule has 1 N–H and O–H groups in total. The van der Waals surface area contributed by atoms with Crippen molar-refractivity contribution < 1.29 is 4.21 Å². The van der Waals surface area contributed by atoms with E-state index < -0.39 is 10.8 Å². The predicted molar refractivity (Wildman–Crippen MR) is 73.6 cm³/mol. The third-order valence-corrected chi connectivity index (χ3v) is 3.98. The molecule has 2 unspecified atom stereocenters. The Morgan fingerprint density at radius 1 is 1.38 bits per heavy atom. The van der Waals surface area contributed by atoms with Crippen molar-refractivity contribution in [2.45, 2.75) is 17.9 Å². The van der Waals surface area contributed by atoms with Gasteiger partial charge >= 0.3 is 0 Å². The van der Waals surface area contributed by atoms with Gasteiger partial charge in [-0.05, 0) is 30.9 Å². The molecular formula is C12H19NOS2. The van der Waals surface area contributed by atoms with E-state index >= 15 is 0 Å². The molecule has 1 rings (SSSR count). The minimum absolute atomic E-state index is 0.319. The Labute approximate surface area is 105 Å².